The molecule has 0 aromatic carbocycles. The molecular weight excluding hydrogens is 214 g/mol. The fourth-order valence-electron chi connectivity index (χ4n) is 1.99. The highest BCUT2D eigenvalue weighted by Gasteiger charge is 2.21. The van der Waals surface area contributed by atoms with Gasteiger partial charge in [0, 0.05) is 24.8 Å². The Bertz CT molecular complexity index is 305. The van der Waals surface area contributed by atoms with E-state index >= 15 is 0 Å². The van der Waals surface area contributed by atoms with Crippen LogP contribution in [0.25, 0.3) is 0 Å². The second-order valence-electron chi connectivity index (χ2n) is 4.44. The van der Waals surface area contributed by atoms with Crippen LogP contribution in [0.15, 0.2) is 24.4 Å². The molecule has 0 aliphatic carbocycles. The van der Waals surface area contributed by atoms with Crippen molar-refractivity contribution in [3.63, 3.8) is 0 Å². The van der Waals surface area contributed by atoms with Crippen molar-refractivity contribution in [3.8, 4) is 0 Å². The molecule has 4 heteroatoms. The highest BCUT2D eigenvalue weighted by atomic mass is 16.3. The van der Waals surface area contributed by atoms with E-state index in [9.17, 15) is 5.11 Å². The zero-order chi connectivity index (χ0) is 12.7. The third-order valence-corrected chi connectivity index (χ3v) is 3.01. The lowest BCUT2D eigenvalue weighted by atomic mass is 10.0. The minimum absolute atomic E-state index is 0.00282. The fourth-order valence-corrected chi connectivity index (χ4v) is 1.99. The SMILES string of the molecule is CCCC(N)C(CO)N(C)Cc1ccccn1. The topological polar surface area (TPSA) is 62.4 Å². The molecule has 0 radical (unpaired) electrons. The van der Waals surface area contributed by atoms with Gasteiger partial charge in [-0.15, -0.1) is 0 Å². The molecule has 2 atom stereocenters. The molecule has 1 rings (SSSR count). The van der Waals surface area contributed by atoms with E-state index in [2.05, 4.69) is 16.8 Å². The van der Waals surface area contributed by atoms with E-state index in [1.165, 1.54) is 0 Å². The molecule has 3 N–H and O–H groups in total. The molecule has 1 heterocycles. The Kier molecular flexibility index (Phi) is 6.11. The lowest BCUT2D eigenvalue weighted by Gasteiger charge is -2.30. The van der Waals surface area contributed by atoms with E-state index in [1.807, 2.05) is 25.2 Å². The largest absolute Gasteiger partial charge is 0.395 e. The first-order valence-electron chi connectivity index (χ1n) is 6.15. The minimum atomic E-state index is -0.00282. The molecule has 2 unspecified atom stereocenters. The van der Waals surface area contributed by atoms with Crippen LogP contribution in [0, 0.1) is 0 Å². The van der Waals surface area contributed by atoms with Gasteiger partial charge in [-0.25, -0.2) is 0 Å². The zero-order valence-electron chi connectivity index (χ0n) is 10.7. The van der Waals surface area contributed by atoms with Crippen molar-refractivity contribution in [2.24, 2.45) is 5.73 Å². The van der Waals surface area contributed by atoms with Crippen LogP contribution < -0.4 is 5.73 Å². The van der Waals surface area contributed by atoms with Crippen LogP contribution in [0.4, 0.5) is 0 Å². The maximum Gasteiger partial charge on any atom is 0.0601 e. The molecule has 1 aromatic rings. The van der Waals surface area contributed by atoms with Crippen molar-refractivity contribution < 1.29 is 5.11 Å². The summed E-state index contributed by atoms with van der Waals surface area (Å²) < 4.78 is 0. The number of pyridine rings is 1. The molecule has 0 bridgehead atoms. The first-order chi connectivity index (χ1) is 8.19. The van der Waals surface area contributed by atoms with Gasteiger partial charge in [0.25, 0.3) is 0 Å². The molecule has 0 amide bonds. The van der Waals surface area contributed by atoms with Crippen molar-refractivity contribution in [1.29, 1.82) is 0 Å². The second-order valence-corrected chi connectivity index (χ2v) is 4.44. The number of hydrogen-bond acceptors (Lipinski definition) is 4. The van der Waals surface area contributed by atoms with Crippen LogP contribution in [0.5, 0.6) is 0 Å². The monoisotopic (exact) mass is 237 g/mol. The van der Waals surface area contributed by atoms with Crippen molar-refractivity contribution in [2.75, 3.05) is 13.7 Å². The molecule has 0 aliphatic rings. The Balaban J connectivity index is 2.57. The normalized spacial score (nSPS) is 14.9. The van der Waals surface area contributed by atoms with Gasteiger partial charge in [-0.05, 0) is 25.6 Å². The van der Waals surface area contributed by atoms with Gasteiger partial charge in [0.1, 0.15) is 0 Å². The van der Waals surface area contributed by atoms with Crippen molar-refractivity contribution in [2.45, 2.75) is 38.4 Å². The summed E-state index contributed by atoms with van der Waals surface area (Å²) in [6.07, 6.45) is 3.75. The average molecular weight is 237 g/mol. The van der Waals surface area contributed by atoms with Crippen LogP contribution in [0.1, 0.15) is 25.5 Å². The van der Waals surface area contributed by atoms with E-state index in [0.717, 1.165) is 18.5 Å². The molecule has 0 saturated heterocycles. The molecule has 0 fully saturated rings. The number of nitrogens with zero attached hydrogens (tertiary/aromatic N) is 2. The third-order valence-electron chi connectivity index (χ3n) is 3.01. The summed E-state index contributed by atoms with van der Waals surface area (Å²) in [5, 5.41) is 9.43. The molecule has 1 aromatic heterocycles. The Morgan fingerprint density at radius 1 is 1.47 bits per heavy atom. The highest BCUT2D eigenvalue weighted by molar-refractivity contribution is 5.03. The molecule has 0 spiro atoms. The van der Waals surface area contributed by atoms with Gasteiger partial charge in [-0.3, -0.25) is 9.88 Å². The van der Waals surface area contributed by atoms with Crippen LogP contribution in [-0.4, -0.2) is 40.7 Å². The highest BCUT2D eigenvalue weighted by Crippen LogP contribution is 2.09. The number of aliphatic hydroxyl groups is 1. The predicted molar refractivity (Wildman–Crippen MR) is 69.5 cm³/mol. The summed E-state index contributed by atoms with van der Waals surface area (Å²) in [4.78, 5) is 6.35. The summed E-state index contributed by atoms with van der Waals surface area (Å²) in [7, 11) is 1.98. The van der Waals surface area contributed by atoms with E-state index in [-0.39, 0.29) is 18.7 Å². The van der Waals surface area contributed by atoms with Gasteiger partial charge in [-0.2, -0.15) is 0 Å². The van der Waals surface area contributed by atoms with E-state index < -0.39 is 0 Å². The third kappa shape index (κ3) is 4.42. The van der Waals surface area contributed by atoms with E-state index in [0.29, 0.717) is 6.54 Å². The van der Waals surface area contributed by atoms with Crippen LogP contribution >= 0.6 is 0 Å². The van der Waals surface area contributed by atoms with Gasteiger partial charge in [0.2, 0.25) is 0 Å². The minimum Gasteiger partial charge on any atom is -0.395 e. The summed E-state index contributed by atoms with van der Waals surface area (Å²) in [5.41, 5.74) is 7.07. The van der Waals surface area contributed by atoms with Crippen LogP contribution in [-0.2, 0) is 6.54 Å². The number of rotatable bonds is 7. The Hall–Kier alpha value is -0.970. The smallest absolute Gasteiger partial charge is 0.0601 e. The lowest BCUT2D eigenvalue weighted by molar-refractivity contribution is 0.117. The maximum atomic E-state index is 9.43. The van der Waals surface area contributed by atoms with Crippen LogP contribution in [0.2, 0.25) is 0 Å². The number of aliphatic hydroxyl groups excluding tert-OH is 1. The van der Waals surface area contributed by atoms with Crippen molar-refractivity contribution >= 4 is 0 Å². The summed E-state index contributed by atoms with van der Waals surface area (Å²) in [5.74, 6) is 0. The van der Waals surface area contributed by atoms with Gasteiger partial charge in [0.15, 0.2) is 0 Å². The zero-order valence-corrected chi connectivity index (χ0v) is 10.7. The molecule has 4 nitrogen and oxygen atoms in total. The molecule has 0 saturated carbocycles. The number of likely N-dealkylation sites (N-methyl/N-ethyl adjacent to an activating group) is 1. The van der Waals surface area contributed by atoms with Gasteiger partial charge < -0.3 is 10.8 Å². The van der Waals surface area contributed by atoms with Crippen molar-refractivity contribution in [3.05, 3.63) is 30.1 Å². The average Bonchev–Trinajstić information content (AvgIpc) is 2.31. The summed E-state index contributed by atoms with van der Waals surface area (Å²) in [6.45, 7) is 2.90. The van der Waals surface area contributed by atoms with E-state index in [1.54, 1.807) is 6.20 Å². The standard InChI is InChI=1S/C13H23N3O/c1-3-6-12(14)13(10-17)16(2)9-11-7-4-5-8-15-11/h4-5,7-8,12-13,17H,3,6,9-10,14H2,1-2H3. The first-order valence-corrected chi connectivity index (χ1v) is 6.15. The molecular formula is C13H23N3O. The lowest BCUT2D eigenvalue weighted by Crippen LogP contribution is -2.48. The number of hydrogen-bond donors (Lipinski definition) is 2. The molecule has 0 aliphatic heterocycles. The first kappa shape index (κ1) is 14.1. The number of nitrogens with two attached hydrogens (primary N) is 1. The Morgan fingerprint density at radius 3 is 2.76 bits per heavy atom. The van der Waals surface area contributed by atoms with E-state index in [4.69, 9.17) is 5.73 Å². The predicted octanol–water partition coefficient (Wildman–Crippen LogP) is 1.00. The van der Waals surface area contributed by atoms with Gasteiger partial charge >= 0.3 is 0 Å². The Labute approximate surface area is 103 Å². The van der Waals surface area contributed by atoms with Crippen LogP contribution in [0.3, 0.4) is 0 Å². The quantitative estimate of drug-likeness (QED) is 0.742. The second kappa shape index (κ2) is 7.37. The Morgan fingerprint density at radius 2 is 2.24 bits per heavy atom. The van der Waals surface area contributed by atoms with Crippen molar-refractivity contribution in [1.82, 2.24) is 9.88 Å². The summed E-state index contributed by atoms with van der Waals surface area (Å²) in [6, 6.07) is 5.86. The summed E-state index contributed by atoms with van der Waals surface area (Å²) >= 11 is 0. The maximum absolute atomic E-state index is 9.43. The fraction of sp³-hybridized carbons (Fsp3) is 0.615. The van der Waals surface area contributed by atoms with Gasteiger partial charge in [-0.1, -0.05) is 19.4 Å². The number of aromatic nitrogens is 1. The molecule has 17 heavy (non-hydrogen) atoms. The molecule has 96 valence electrons. The van der Waals surface area contributed by atoms with Gasteiger partial charge in [0.05, 0.1) is 12.3 Å².